The molecule has 8 heteroatoms. The van der Waals surface area contributed by atoms with Crippen LogP contribution in [0.5, 0.6) is 0 Å². The number of tetrazole rings is 1. The number of halogens is 1. The molecule has 4 aromatic rings. The highest BCUT2D eigenvalue weighted by Crippen LogP contribution is 2.22. The molecule has 0 fully saturated rings. The number of amides is 1. The first kappa shape index (κ1) is 16.9. The summed E-state index contributed by atoms with van der Waals surface area (Å²) >= 11 is 0. The number of hydrogen-bond acceptors (Lipinski definition) is 4. The highest BCUT2D eigenvalue weighted by molar-refractivity contribution is 5.96. The van der Waals surface area contributed by atoms with Gasteiger partial charge in [-0.05, 0) is 47.2 Å². The summed E-state index contributed by atoms with van der Waals surface area (Å²) in [5, 5.41) is 14.9. The second kappa shape index (κ2) is 6.64. The number of nitrogens with zero attached hydrogens (tertiary/aromatic N) is 5. The average Bonchev–Trinajstić information content (AvgIpc) is 3.21. The van der Waals surface area contributed by atoms with E-state index in [1.54, 1.807) is 6.92 Å². The van der Waals surface area contributed by atoms with Crippen LogP contribution in [-0.4, -0.2) is 30.7 Å². The summed E-state index contributed by atoms with van der Waals surface area (Å²) < 4.78 is 17.4. The molecule has 136 valence electrons. The van der Waals surface area contributed by atoms with Crippen LogP contribution in [0.1, 0.15) is 11.4 Å². The minimum Gasteiger partial charge on any atom is -0.350 e. The molecule has 0 atom stereocenters. The molecule has 0 bridgehead atoms. The summed E-state index contributed by atoms with van der Waals surface area (Å²) in [6.07, 6.45) is 2.17. The van der Waals surface area contributed by atoms with Gasteiger partial charge in [0.2, 0.25) is 5.91 Å². The standard InChI is InChI=1S/C19H17FN6O/c1-12-22-23-24-26(12)18-10-14(7-8-16(18)20)21-19(27)9-13-11-25(2)17-6-4-3-5-15(13)17/h3-8,10-11H,9H2,1-2H3,(H,21,27). The lowest BCUT2D eigenvalue weighted by Crippen LogP contribution is -2.15. The lowest BCUT2D eigenvalue weighted by molar-refractivity contribution is -0.115. The Morgan fingerprint density at radius 1 is 1.22 bits per heavy atom. The number of aromatic nitrogens is 5. The van der Waals surface area contributed by atoms with E-state index in [0.717, 1.165) is 16.5 Å². The van der Waals surface area contributed by atoms with Gasteiger partial charge in [-0.3, -0.25) is 4.79 Å². The van der Waals surface area contributed by atoms with Crippen molar-refractivity contribution < 1.29 is 9.18 Å². The molecule has 2 heterocycles. The maximum absolute atomic E-state index is 14.1. The van der Waals surface area contributed by atoms with Gasteiger partial charge in [0.05, 0.1) is 6.42 Å². The first-order chi connectivity index (χ1) is 13.0. The van der Waals surface area contributed by atoms with E-state index in [1.807, 2.05) is 42.1 Å². The molecule has 7 nitrogen and oxygen atoms in total. The van der Waals surface area contributed by atoms with Crippen LogP contribution in [0.2, 0.25) is 0 Å². The Morgan fingerprint density at radius 2 is 2.04 bits per heavy atom. The minimum atomic E-state index is -0.475. The van der Waals surface area contributed by atoms with Crippen LogP contribution in [0.25, 0.3) is 16.6 Å². The van der Waals surface area contributed by atoms with Gasteiger partial charge in [-0.25, -0.2) is 4.39 Å². The normalized spacial score (nSPS) is 11.1. The molecule has 4 rings (SSSR count). The van der Waals surface area contributed by atoms with Crippen LogP contribution in [0.15, 0.2) is 48.7 Å². The molecule has 0 aliphatic carbocycles. The van der Waals surface area contributed by atoms with Crippen LogP contribution in [0.4, 0.5) is 10.1 Å². The Labute approximate surface area is 154 Å². The lowest BCUT2D eigenvalue weighted by Gasteiger charge is -2.09. The third-order valence-electron chi connectivity index (χ3n) is 4.41. The fraction of sp³-hybridized carbons (Fsp3) is 0.158. The summed E-state index contributed by atoms with van der Waals surface area (Å²) in [4.78, 5) is 12.5. The van der Waals surface area contributed by atoms with Crippen molar-refractivity contribution in [3.8, 4) is 5.69 Å². The molecule has 1 N–H and O–H groups in total. The van der Waals surface area contributed by atoms with E-state index >= 15 is 0 Å². The second-order valence-electron chi connectivity index (χ2n) is 6.31. The lowest BCUT2D eigenvalue weighted by atomic mass is 10.1. The maximum Gasteiger partial charge on any atom is 0.228 e. The van der Waals surface area contributed by atoms with Crippen LogP contribution >= 0.6 is 0 Å². The average molecular weight is 364 g/mol. The summed E-state index contributed by atoms with van der Waals surface area (Å²) in [6.45, 7) is 1.67. The van der Waals surface area contributed by atoms with E-state index in [2.05, 4.69) is 20.8 Å². The van der Waals surface area contributed by atoms with Gasteiger partial charge < -0.3 is 9.88 Å². The van der Waals surface area contributed by atoms with Gasteiger partial charge in [0.1, 0.15) is 11.5 Å². The SMILES string of the molecule is Cc1nnnn1-c1cc(NC(=O)Cc2cn(C)c3ccccc23)ccc1F. The number of hydrogen-bond donors (Lipinski definition) is 1. The summed E-state index contributed by atoms with van der Waals surface area (Å²) in [6, 6.07) is 12.2. The number of anilines is 1. The van der Waals surface area contributed by atoms with Gasteiger partial charge >= 0.3 is 0 Å². The van der Waals surface area contributed by atoms with E-state index in [0.29, 0.717) is 11.5 Å². The largest absolute Gasteiger partial charge is 0.350 e. The quantitative estimate of drug-likeness (QED) is 0.604. The zero-order valence-electron chi connectivity index (χ0n) is 14.8. The van der Waals surface area contributed by atoms with Crippen LogP contribution in [0.3, 0.4) is 0 Å². The van der Waals surface area contributed by atoms with Crippen LogP contribution in [0, 0.1) is 12.7 Å². The zero-order chi connectivity index (χ0) is 19.0. The molecule has 0 aliphatic rings. The number of carbonyl (C=O) groups is 1. The number of fused-ring (bicyclic) bond motifs is 1. The smallest absolute Gasteiger partial charge is 0.228 e. The number of para-hydroxylation sites is 1. The molecule has 0 saturated carbocycles. The van der Waals surface area contributed by atoms with Crippen molar-refractivity contribution in [3.05, 3.63) is 65.9 Å². The van der Waals surface area contributed by atoms with Gasteiger partial charge in [-0.2, -0.15) is 4.68 Å². The van der Waals surface area contributed by atoms with E-state index in [4.69, 9.17) is 0 Å². The molecular weight excluding hydrogens is 347 g/mol. The van der Waals surface area contributed by atoms with Crippen LogP contribution in [-0.2, 0) is 18.3 Å². The molecular formula is C19H17FN6O. The molecule has 0 aliphatic heterocycles. The van der Waals surface area contributed by atoms with E-state index in [1.165, 1.54) is 22.9 Å². The van der Waals surface area contributed by atoms with E-state index in [-0.39, 0.29) is 18.0 Å². The first-order valence-electron chi connectivity index (χ1n) is 8.40. The fourth-order valence-electron chi connectivity index (χ4n) is 3.15. The second-order valence-corrected chi connectivity index (χ2v) is 6.31. The van der Waals surface area contributed by atoms with Crippen molar-refractivity contribution in [1.29, 1.82) is 0 Å². The first-order valence-corrected chi connectivity index (χ1v) is 8.40. The third kappa shape index (κ3) is 3.17. The van der Waals surface area contributed by atoms with Crippen molar-refractivity contribution in [3.63, 3.8) is 0 Å². The van der Waals surface area contributed by atoms with Crippen molar-refractivity contribution in [2.24, 2.45) is 7.05 Å². The molecule has 27 heavy (non-hydrogen) atoms. The van der Waals surface area contributed by atoms with Crippen molar-refractivity contribution >= 4 is 22.5 Å². The molecule has 0 radical (unpaired) electrons. The van der Waals surface area contributed by atoms with Gasteiger partial charge in [0, 0.05) is 29.8 Å². The Hall–Kier alpha value is -3.55. The number of nitrogens with one attached hydrogen (secondary N) is 1. The predicted octanol–water partition coefficient (Wildman–Crippen LogP) is 2.78. The molecule has 2 aromatic heterocycles. The molecule has 0 unspecified atom stereocenters. The number of benzene rings is 2. The molecule has 0 saturated heterocycles. The third-order valence-corrected chi connectivity index (χ3v) is 4.41. The number of carbonyl (C=O) groups excluding carboxylic acids is 1. The monoisotopic (exact) mass is 364 g/mol. The highest BCUT2D eigenvalue weighted by Gasteiger charge is 2.14. The predicted molar refractivity (Wildman–Crippen MR) is 99.1 cm³/mol. The van der Waals surface area contributed by atoms with Gasteiger partial charge in [0.15, 0.2) is 5.82 Å². The zero-order valence-corrected chi connectivity index (χ0v) is 14.8. The number of rotatable bonds is 4. The minimum absolute atomic E-state index is 0.181. The van der Waals surface area contributed by atoms with Crippen molar-refractivity contribution in [1.82, 2.24) is 24.8 Å². The van der Waals surface area contributed by atoms with Crippen LogP contribution < -0.4 is 5.32 Å². The number of aryl methyl sites for hydroxylation is 2. The Morgan fingerprint density at radius 3 is 2.81 bits per heavy atom. The van der Waals surface area contributed by atoms with Crippen molar-refractivity contribution in [2.45, 2.75) is 13.3 Å². The Bertz CT molecular complexity index is 1150. The van der Waals surface area contributed by atoms with Gasteiger partial charge in [0.25, 0.3) is 0 Å². The molecule has 2 aromatic carbocycles. The van der Waals surface area contributed by atoms with Gasteiger partial charge in [-0.1, -0.05) is 18.2 Å². The van der Waals surface area contributed by atoms with E-state index in [9.17, 15) is 9.18 Å². The topological polar surface area (TPSA) is 77.6 Å². The summed E-state index contributed by atoms with van der Waals surface area (Å²) in [5.74, 6) is -0.206. The molecule has 1 amide bonds. The van der Waals surface area contributed by atoms with Gasteiger partial charge in [-0.15, -0.1) is 5.10 Å². The summed E-state index contributed by atoms with van der Waals surface area (Å²) in [5.41, 5.74) is 2.66. The van der Waals surface area contributed by atoms with Crippen molar-refractivity contribution in [2.75, 3.05) is 5.32 Å². The Kier molecular flexibility index (Phi) is 4.15. The highest BCUT2D eigenvalue weighted by atomic mass is 19.1. The molecule has 0 spiro atoms. The van der Waals surface area contributed by atoms with E-state index < -0.39 is 5.82 Å². The Balaban J connectivity index is 1.57. The fourth-order valence-corrected chi connectivity index (χ4v) is 3.15. The maximum atomic E-state index is 14.1. The summed E-state index contributed by atoms with van der Waals surface area (Å²) in [7, 11) is 1.95.